The van der Waals surface area contributed by atoms with Gasteiger partial charge in [-0.2, -0.15) is 0 Å². The quantitative estimate of drug-likeness (QED) is 0.858. The molecule has 1 N–H and O–H groups in total. The second kappa shape index (κ2) is 6.37. The van der Waals surface area contributed by atoms with Gasteiger partial charge < -0.3 is 14.8 Å². The fourth-order valence-electron chi connectivity index (χ4n) is 2.13. The Hall–Kier alpha value is -1.71. The van der Waals surface area contributed by atoms with Crippen LogP contribution in [0, 0.1) is 0 Å². The zero-order chi connectivity index (χ0) is 14.7. The molecule has 3 nitrogen and oxygen atoms in total. The molecule has 1 aliphatic carbocycles. The molecule has 21 heavy (non-hydrogen) atoms. The molecule has 0 amide bonds. The Labute approximate surface area is 129 Å². The van der Waals surface area contributed by atoms with Crippen LogP contribution in [-0.2, 0) is 6.54 Å². The van der Waals surface area contributed by atoms with Crippen LogP contribution in [0.1, 0.15) is 18.4 Å². The van der Waals surface area contributed by atoms with Gasteiger partial charge in [0, 0.05) is 23.2 Å². The van der Waals surface area contributed by atoms with Crippen LogP contribution in [0.5, 0.6) is 17.2 Å². The summed E-state index contributed by atoms with van der Waals surface area (Å²) in [5.41, 5.74) is 1.09. The monoisotopic (exact) mass is 303 g/mol. The maximum atomic E-state index is 6.10. The van der Waals surface area contributed by atoms with Crippen molar-refractivity contribution in [2.24, 2.45) is 0 Å². The first-order chi connectivity index (χ1) is 10.3. The molecule has 4 heteroatoms. The number of para-hydroxylation sites is 2. The van der Waals surface area contributed by atoms with Crippen molar-refractivity contribution >= 4 is 11.6 Å². The largest absolute Gasteiger partial charge is 0.493 e. The first-order valence-corrected chi connectivity index (χ1v) is 7.47. The molecule has 0 bridgehead atoms. The summed E-state index contributed by atoms with van der Waals surface area (Å²) in [7, 11) is 1.63. The van der Waals surface area contributed by atoms with Crippen LogP contribution in [0.4, 0.5) is 0 Å². The minimum atomic E-state index is 0.653. The summed E-state index contributed by atoms with van der Waals surface area (Å²) in [5.74, 6) is 2.16. The van der Waals surface area contributed by atoms with Gasteiger partial charge in [0.2, 0.25) is 0 Å². The third-order valence-electron chi connectivity index (χ3n) is 3.48. The molecule has 3 rings (SSSR count). The van der Waals surface area contributed by atoms with E-state index in [0.29, 0.717) is 22.6 Å². The van der Waals surface area contributed by atoms with Crippen LogP contribution >= 0.6 is 11.6 Å². The number of rotatable bonds is 6. The van der Waals surface area contributed by atoms with E-state index in [1.165, 1.54) is 12.8 Å². The van der Waals surface area contributed by atoms with Gasteiger partial charge in [0.05, 0.1) is 7.11 Å². The first kappa shape index (κ1) is 14.2. The Morgan fingerprint density at radius 1 is 1.10 bits per heavy atom. The van der Waals surface area contributed by atoms with Gasteiger partial charge in [-0.15, -0.1) is 0 Å². The Balaban J connectivity index is 1.83. The van der Waals surface area contributed by atoms with Crippen LogP contribution in [0.15, 0.2) is 42.5 Å². The van der Waals surface area contributed by atoms with Gasteiger partial charge in [0.15, 0.2) is 11.5 Å². The van der Waals surface area contributed by atoms with E-state index in [0.717, 1.165) is 17.9 Å². The highest BCUT2D eigenvalue weighted by molar-refractivity contribution is 6.30. The second-order valence-electron chi connectivity index (χ2n) is 5.16. The van der Waals surface area contributed by atoms with Crippen molar-refractivity contribution in [3.05, 3.63) is 53.1 Å². The third kappa shape index (κ3) is 3.69. The number of nitrogens with one attached hydrogen (secondary N) is 1. The molecule has 0 saturated heterocycles. The van der Waals surface area contributed by atoms with Gasteiger partial charge in [-0.1, -0.05) is 29.8 Å². The average molecular weight is 304 g/mol. The van der Waals surface area contributed by atoms with E-state index in [2.05, 4.69) is 5.32 Å². The van der Waals surface area contributed by atoms with Crippen molar-refractivity contribution < 1.29 is 9.47 Å². The summed E-state index contributed by atoms with van der Waals surface area (Å²) >= 11 is 6.10. The molecule has 0 aliphatic heterocycles. The molecule has 1 aliphatic rings. The van der Waals surface area contributed by atoms with Gasteiger partial charge in [-0.05, 0) is 37.1 Å². The summed E-state index contributed by atoms with van der Waals surface area (Å²) in [6.45, 7) is 0.784. The van der Waals surface area contributed by atoms with E-state index in [1.54, 1.807) is 7.11 Å². The minimum absolute atomic E-state index is 0.653. The highest BCUT2D eigenvalue weighted by Crippen LogP contribution is 2.34. The fraction of sp³-hybridized carbons (Fsp3) is 0.294. The molecule has 0 aromatic heterocycles. The minimum Gasteiger partial charge on any atom is -0.493 e. The lowest BCUT2D eigenvalue weighted by molar-refractivity contribution is 0.377. The number of benzene rings is 2. The highest BCUT2D eigenvalue weighted by atomic mass is 35.5. The summed E-state index contributed by atoms with van der Waals surface area (Å²) in [6, 6.07) is 14.0. The zero-order valence-electron chi connectivity index (χ0n) is 11.9. The fourth-order valence-corrected chi connectivity index (χ4v) is 2.29. The first-order valence-electron chi connectivity index (χ1n) is 7.09. The number of ether oxygens (including phenoxy) is 2. The van der Waals surface area contributed by atoms with Crippen molar-refractivity contribution in [3.8, 4) is 17.2 Å². The van der Waals surface area contributed by atoms with Gasteiger partial charge in [-0.25, -0.2) is 0 Å². The number of halogens is 1. The van der Waals surface area contributed by atoms with E-state index in [-0.39, 0.29) is 0 Å². The van der Waals surface area contributed by atoms with Crippen LogP contribution in [0.3, 0.4) is 0 Å². The average Bonchev–Trinajstić information content (AvgIpc) is 3.31. The van der Waals surface area contributed by atoms with Crippen LogP contribution in [0.25, 0.3) is 0 Å². The van der Waals surface area contributed by atoms with Crippen molar-refractivity contribution in [3.63, 3.8) is 0 Å². The molecule has 0 radical (unpaired) electrons. The molecule has 1 fully saturated rings. The van der Waals surface area contributed by atoms with E-state index < -0.39 is 0 Å². The van der Waals surface area contributed by atoms with E-state index in [4.69, 9.17) is 21.1 Å². The zero-order valence-corrected chi connectivity index (χ0v) is 12.7. The SMILES string of the molecule is COc1ccccc1Oc1cc(Cl)ccc1CNC1CC1. The molecule has 2 aromatic carbocycles. The predicted octanol–water partition coefficient (Wildman–Crippen LogP) is 4.39. The third-order valence-corrected chi connectivity index (χ3v) is 3.71. The lowest BCUT2D eigenvalue weighted by Crippen LogP contribution is -2.15. The van der Waals surface area contributed by atoms with Gasteiger partial charge >= 0.3 is 0 Å². The Morgan fingerprint density at radius 3 is 2.57 bits per heavy atom. The number of hydrogen-bond acceptors (Lipinski definition) is 3. The van der Waals surface area contributed by atoms with Crippen LogP contribution < -0.4 is 14.8 Å². The van der Waals surface area contributed by atoms with Gasteiger partial charge in [0.1, 0.15) is 5.75 Å². The molecule has 0 heterocycles. The number of hydrogen-bond donors (Lipinski definition) is 1. The summed E-state index contributed by atoms with van der Waals surface area (Å²) in [6.07, 6.45) is 2.52. The van der Waals surface area contributed by atoms with E-state index >= 15 is 0 Å². The lowest BCUT2D eigenvalue weighted by atomic mass is 10.2. The van der Waals surface area contributed by atoms with Crippen molar-refractivity contribution in [2.45, 2.75) is 25.4 Å². The smallest absolute Gasteiger partial charge is 0.169 e. The Bertz CT molecular complexity index is 626. The standard InChI is InChI=1S/C17H18ClNO2/c1-20-15-4-2-3-5-16(15)21-17-10-13(18)7-6-12(17)11-19-14-8-9-14/h2-7,10,14,19H,8-9,11H2,1H3. The molecule has 0 atom stereocenters. The Morgan fingerprint density at radius 2 is 1.86 bits per heavy atom. The second-order valence-corrected chi connectivity index (χ2v) is 5.60. The molecule has 110 valence electrons. The number of methoxy groups -OCH3 is 1. The van der Waals surface area contributed by atoms with Crippen molar-refractivity contribution in [2.75, 3.05) is 7.11 Å². The maximum Gasteiger partial charge on any atom is 0.169 e. The highest BCUT2D eigenvalue weighted by Gasteiger charge is 2.21. The molecule has 1 saturated carbocycles. The summed E-state index contributed by atoms with van der Waals surface area (Å²) < 4.78 is 11.3. The molecule has 2 aromatic rings. The van der Waals surface area contributed by atoms with E-state index in [1.807, 2.05) is 42.5 Å². The summed E-state index contributed by atoms with van der Waals surface area (Å²) in [5, 5.41) is 4.15. The molecule has 0 unspecified atom stereocenters. The van der Waals surface area contributed by atoms with Crippen LogP contribution in [0.2, 0.25) is 5.02 Å². The molecular weight excluding hydrogens is 286 g/mol. The lowest BCUT2D eigenvalue weighted by Gasteiger charge is -2.14. The maximum absolute atomic E-state index is 6.10. The van der Waals surface area contributed by atoms with Crippen molar-refractivity contribution in [1.29, 1.82) is 0 Å². The predicted molar refractivity (Wildman–Crippen MR) is 84.4 cm³/mol. The van der Waals surface area contributed by atoms with Gasteiger partial charge in [-0.3, -0.25) is 0 Å². The van der Waals surface area contributed by atoms with Crippen molar-refractivity contribution in [1.82, 2.24) is 5.32 Å². The molecular formula is C17H18ClNO2. The Kier molecular flexibility index (Phi) is 4.32. The van der Waals surface area contributed by atoms with Gasteiger partial charge in [0.25, 0.3) is 0 Å². The van der Waals surface area contributed by atoms with Crippen LogP contribution in [-0.4, -0.2) is 13.2 Å². The summed E-state index contributed by atoms with van der Waals surface area (Å²) in [4.78, 5) is 0. The molecule has 0 spiro atoms. The normalized spacial score (nSPS) is 14.0. The van der Waals surface area contributed by atoms with E-state index in [9.17, 15) is 0 Å². The topological polar surface area (TPSA) is 30.5 Å².